The van der Waals surface area contributed by atoms with E-state index >= 15 is 0 Å². The van der Waals surface area contributed by atoms with Crippen molar-refractivity contribution in [2.45, 2.75) is 38.7 Å². The molecule has 1 aromatic carbocycles. The highest BCUT2D eigenvalue weighted by atomic mass is 35.5. The molecule has 6 heteroatoms. The van der Waals surface area contributed by atoms with Crippen LogP contribution < -0.4 is 11.1 Å². The van der Waals surface area contributed by atoms with Gasteiger partial charge in [-0.05, 0) is 38.5 Å². The fourth-order valence-corrected chi connectivity index (χ4v) is 2.26. The molecular formula is C15H23ClN2O3. The lowest BCUT2D eigenvalue weighted by Gasteiger charge is -2.30. The van der Waals surface area contributed by atoms with Gasteiger partial charge in [-0.1, -0.05) is 24.6 Å². The van der Waals surface area contributed by atoms with Crippen LogP contribution in [0.25, 0.3) is 0 Å². The van der Waals surface area contributed by atoms with Gasteiger partial charge in [0, 0.05) is 23.5 Å². The number of carbonyl (C=O) groups excluding carboxylic acids is 1. The molecule has 1 amide bonds. The number of hydrogen-bond acceptors (Lipinski definition) is 4. The predicted molar refractivity (Wildman–Crippen MR) is 83.8 cm³/mol. The zero-order valence-corrected chi connectivity index (χ0v) is 13.6. The Hall–Kier alpha value is -1.46. The largest absolute Gasteiger partial charge is 0.508 e. The van der Waals surface area contributed by atoms with E-state index in [0.29, 0.717) is 5.02 Å². The summed E-state index contributed by atoms with van der Waals surface area (Å²) in [6.45, 7) is 7.85. The number of amides is 1. The Labute approximate surface area is 130 Å². The lowest BCUT2D eigenvalue weighted by atomic mass is 9.82. The average Bonchev–Trinajstić information content (AvgIpc) is 2.34. The number of phenolic OH excluding ortho intramolecular Hbond substituents is 1. The van der Waals surface area contributed by atoms with E-state index in [4.69, 9.17) is 22.1 Å². The number of aromatic hydroxyl groups is 1. The second kappa shape index (κ2) is 6.54. The molecular weight excluding hydrogens is 292 g/mol. The summed E-state index contributed by atoms with van der Waals surface area (Å²) >= 11 is 6.15. The second-order valence-corrected chi connectivity index (χ2v) is 6.69. The van der Waals surface area contributed by atoms with Crippen LogP contribution in [-0.2, 0) is 10.2 Å². The summed E-state index contributed by atoms with van der Waals surface area (Å²) in [4.78, 5) is 11.7. The van der Waals surface area contributed by atoms with Crippen molar-refractivity contribution >= 4 is 17.7 Å². The Morgan fingerprint density at radius 1 is 1.38 bits per heavy atom. The quantitative estimate of drug-likeness (QED) is 0.798. The molecule has 0 heterocycles. The average molecular weight is 315 g/mol. The number of carbonyl (C=O) groups is 1. The molecule has 1 aromatic rings. The number of nitrogens with one attached hydrogen (secondary N) is 1. The van der Waals surface area contributed by atoms with Crippen LogP contribution in [-0.4, -0.2) is 29.9 Å². The highest BCUT2D eigenvalue weighted by Crippen LogP contribution is 2.31. The Balaban J connectivity index is 2.83. The number of rotatable bonds is 4. The van der Waals surface area contributed by atoms with Crippen LogP contribution >= 0.6 is 11.6 Å². The maximum absolute atomic E-state index is 11.7. The lowest BCUT2D eigenvalue weighted by molar-refractivity contribution is 0.0516. The highest BCUT2D eigenvalue weighted by Gasteiger charge is 2.29. The monoisotopic (exact) mass is 314 g/mol. The van der Waals surface area contributed by atoms with E-state index in [2.05, 4.69) is 5.32 Å². The van der Waals surface area contributed by atoms with Gasteiger partial charge in [-0.15, -0.1) is 0 Å². The van der Waals surface area contributed by atoms with Gasteiger partial charge < -0.3 is 20.9 Å². The molecule has 0 aliphatic heterocycles. The van der Waals surface area contributed by atoms with Crippen molar-refractivity contribution in [3.63, 3.8) is 0 Å². The summed E-state index contributed by atoms with van der Waals surface area (Å²) in [7, 11) is 0. The van der Waals surface area contributed by atoms with Crippen molar-refractivity contribution in [3.05, 3.63) is 28.8 Å². The van der Waals surface area contributed by atoms with Crippen LogP contribution in [0.15, 0.2) is 18.2 Å². The van der Waals surface area contributed by atoms with E-state index in [1.165, 1.54) is 6.07 Å². The van der Waals surface area contributed by atoms with Gasteiger partial charge in [0.25, 0.3) is 0 Å². The Morgan fingerprint density at radius 2 is 2.00 bits per heavy atom. The van der Waals surface area contributed by atoms with Crippen LogP contribution in [0.3, 0.4) is 0 Å². The van der Waals surface area contributed by atoms with Gasteiger partial charge in [-0.25, -0.2) is 4.79 Å². The zero-order valence-electron chi connectivity index (χ0n) is 12.9. The Morgan fingerprint density at radius 3 is 2.48 bits per heavy atom. The van der Waals surface area contributed by atoms with E-state index in [-0.39, 0.29) is 18.8 Å². The first-order valence-corrected chi connectivity index (χ1v) is 7.11. The fraction of sp³-hybridized carbons (Fsp3) is 0.533. The molecule has 5 nitrogen and oxygen atoms in total. The van der Waals surface area contributed by atoms with Crippen molar-refractivity contribution in [1.29, 1.82) is 0 Å². The van der Waals surface area contributed by atoms with Gasteiger partial charge in [-0.3, -0.25) is 0 Å². The van der Waals surface area contributed by atoms with Crippen LogP contribution in [0, 0.1) is 0 Å². The summed E-state index contributed by atoms with van der Waals surface area (Å²) in [5.41, 5.74) is 5.50. The summed E-state index contributed by atoms with van der Waals surface area (Å²) in [5, 5.41) is 12.5. The topological polar surface area (TPSA) is 84.6 Å². The van der Waals surface area contributed by atoms with Crippen molar-refractivity contribution in [3.8, 4) is 5.75 Å². The number of hydrogen-bond donors (Lipinski definition) is 3. The van der Waals surface area contributed by atoms with Crippen molar-refractivity contribution in [2.75, 3.05) is 13.1 Å². The van der Waals surface area contributed by atoms with Crippen LogP contribution in [0.4, 0.5) is 4.79 Å². The van der Waals surface area contributed by atoms with Gasteiger partial charge >= 0.3 is 6.09 Å². The van der Waals surface area contributed by atoms with E-state index in [1.807, 2.05) is 6.92 Å². The number of alkyl carbamates (subject to hydrolysis) is 1. The van der Waals surface area contributed by atoms with Crippen LogP contribution in [0.5, 0.6) is 5.75 Å². The molecule has 0 fully saturated rings. The third-order valence-electron chi connectivity index (χ3n) is 3.08. The highest BCUT2D eigenvalue weighted by molar-refractivity contribution is 6.31. The third kappa shape index (κ3) is 5.10. The third-order valence-corrected chi connectivity index (χ3v) is 3.39. The predicted octanol–water partition coefficient (Wildman–Crippen LogP) is 2.79. The summed E-state index contributed by atoms with van der Waals surface area (Å²) in [6.07, 6.45) is -0.503. The van der Waals surface area contributed by atoms with Crippen LogP contribution in [0.2, 0.25) is 5.02 Å². The number of phenols is 1. The van der Waals surface area contributed by atoms with Crippen molar-refractivity contribution in [2.24, 2.45) is 5.73 Å². The molecule has 0 saturated heterocycles. The maximum atomic E-state index is 11.7. The van der Waals surface area contributed by atoms with Crippen molar-refractivity contribution < 1.29 is 14.6 Å². The molecule has 118 valence electrons. The fourth-order valence-electron chi connectivity index (χ4n) is 1.85. The minimum absolute atomic E-state index is 0.0863. The summed E-state index contributed by atoms with van der Waals surface area (Å²) in [6, 6.07) is 4.71. The van der Waals surface area contributed by atoms with Gasteiger partial charge in [-0.2, -0.15) is 0 Å². The Kier molecular flexibility index (Phi) is 5.48. The first-order chi connectivity index (χ1) is 9.57. The van der Waals surface area contributed by atoms with E-state index < -0.39 is 17.1 Å². The minimum atomic E-state index is -0.556. The molecule has 1 atom stereocenters. The molecule has 0 saturated carbocycles. The Bertz CT molecular complexity index is 514. The van der Waals surface area contributed by atoms with Gasteiger partial charge in [0.05, 0.1) is 0 Å². The molecule has 0 aliphatic rings. The lowest BCUT2D eigenvalue weighted by Crippen LogP contribution is -2.45. The second-order valence-electron chi connectivity index (χ2n) is 6.28. The molecule has 0 aromatic heterocycles. The van der Waals surface area contributed by atoms with E-state index in [1.54, 1.807) is 32.9 Å². The SMILES string of the molecule is CC(C)(C)OC(=O)NCC(C)(CN)c1ccc(O)cc1Cl. The van der Waals surface area contributed by atoms with Gasteiger partial charge in [0.15, 0.2) is 0 Å². The molecule has 1 unspecified atom stereocenters. The molecule has 0 radical (unpaired) electrons. The minimum Gasteiger partial charge on any atom is -0.508 e. The normalized spacial score (nSPS) is 14.4. The number of halogens is 1. The van der Waals surface area contributed by atoms with Gasteiger partial charge in [0.1, 0.15) is 11.4 Å². The first kappa shape index (κ1) is 17.6. The van der Waals surface area contributed by atoms with E-state index in [9.17, 15) is 9.90 Å². The molecule has 1 rings (SSSR count). The first-order valence-electron chi connectivity index (χ1n) is 6.73. The van der Waals surface area contributed by atoms with Crippen molar-refractivity contribution in [1.82, 2.24) is 5.32 Å². The van der Waals surface area contributed by atoms with E-state index in [0.717, 1.165) is 5.56 Å². The molecule has 4 N–H and O–H groups in total. The summed E-state index contributed by atoms with van der Waals surface area (Å²) < 4.78 is 5.20. The van der Waals surface area contributed by atoms with Crippen LogP contribution in [0.1, 0.15) is 33.3 Å². The maximum Gasteiger partial charge on any atom is 0.407 e. The zero-order chi connectivity index (χ0) is 16.3. The number of ether oxygens (including phenoxy) is 1. The molecule has 0 spiro atoms. The van der Waals surface area contributed by atoms with Gasteiger partial charge in [0.2, 0.25) is 0 Å². The molecule has 0 bridgehead atoms. The number of nitrogens with two attached hydrogens (primary N) is 1. The molecule has 0 aliphatic carbocycles. The standard InChI is InChI=1S/C15H23ClN2O3/c1-14(2,3)21-13(20)18-9-15(4,8-17)11-6-5-10(19)7-12(11)16/h5-7,19H,8-9,17H2,1-4H3,(H,18,20). The summed E-state index contributed by atoms with van der Waals surface area (Å²) in [5.74, 6) is 0.0863. The number of benzene rings is 1. The smallest absolute Gasteiger partial charge is 0.407 e. The molecule has 21 heavy (non-hydrogen) atoms.